The van der Waals surface area contributed by atoms with Crippen LogP contribution in [0, 0.1) is 0 Å². The van der Waals surface area contributed by atoms with Gasteiger partial charge in [0, 0.05) is 36.1 Å². The van der Waals surface area contributed by atoms with Gasteiger partial charge in [0.1, 0.15) is 11.5 Å². The Balaban J connectivity index is 1.84. The van der Waals surface area contributed by atoms with Crippen LogP contribution in [0.4, 0.5) is 0 Å². The Labute approximate surface area is 135 Å². The van der Waals surface area contributed by atoms with Crippen LogP contribution in [-0.4, -0.2) is 29.5 Å². The lowest BCUT2D eigenvalue weighted by Crippen LogP contribution is -2.21. The molecule has 2 aliphatic heterocycles. The summed E-state index contributed by atoms with van der Waals surface area (Å²) in [5.41, 5.74) is 2.34. The van der Waals surface area contributed by atoms with Crippen molar-refractivity contribution in [1.82, 2.24) is 9.88 Å². The van der Waals surface area contributed by atoms with Crippen molar-refractivity contribution in [2.75, 3.05) is 19.6 Å². The first-order chi connectivity index (χ1) is 10.8. The van der Waals surface area contributed by atoms with Crippen molar-refractivity contribution < 1.29 is 4.74 Å². The van der Waals surface area contributed by atoms with E-state index in [4.69, 9.17) is 16.3 Å². The normalized spacial score (nSPS) is 23.2. The number of ether oxygens (including phenoxy) is 1. The molecule has 0 amide bonds. The van der Waals surface area contributed by atoms with Crippen LogP contribution in [0.2, 0.25) is 5.02 Å². The first-order valence-corrected chi connectivity index (χ1v) is 8.28. The molecule has 1 aromatic heterocycles. The maximum Gasteiger partial charge on any atom is 0.149 e. The second kappa shape index (κ2) is 5.56. The van der Waals surface area contributed by atoms with Crippen molar-refractivity contribution in [3.8, 4) is 11.5 Å². The summed E-state index contributed by atoms with van der Waals surface area (Å²) in [5, 5.41) is 0.714. The number of fused-ring (bicyclic) bond motifs is 5. The van der Waals surface area contributed by atoms with Gasteiger partial charge in [-0.15, -0.1) is 0 Å². The second-order valence-electron chi connectivity index (χ2n) is 6.14. The number of hydrogen-bond donors (Lipinski definition) is 0. The molecule has 0 bridgehead atoms. The summed E-state index contributed by atoms with van der Waals surface area (Å²) in [6.07, 6.45) is 3.04. The zero-order valence-corrected chi connectivity index (χ0v) is 13.4. The average Bonchev–Trinajstić information content (AvgIpc) is 2.87. The predicted molar refractivity (Wildman–Crippen MR) is 88.0 cm³/mol. The molecule has 0 aliphatic carbocycles. The minimum absolute atomic E-state index is 0.394. The molecule has 0 radical (unpaired) electrons. The molecule has 1 aromatic carbocycles. The molecule has 0 spiro atoms. The van der Waals surface area contributed by atoms with Gasteiger partial charge in [0.25, 0.3) is 0 Å². The van der Waals surface area contributed by atoms with E-state index >= 15 is 0 Å². The summed E-state index contributed by atoms with van der Waals surface area (Å²) in [6, 6.07) is 9.96. The molecule has 4 rings (SSSR count). The third kappa shape index (κ3) is 2.29. The number of nitrogens with zero attached hydrogens (tertiary/aromatic N) is 2. The van der Waals surface area contributed by atoms with Gasteiger partial charge < -0.3 is 9.64 Å². The van der Waals surface area contributed by atoms with Gasteiger partial charge >= 0.3 is 0 Å². The van der Waals surface area contributed by atoms with Crippen LogP contribution < -0.4 is 4.74 Å². The van der Waals surface area contributed by atoms with Gasteiger partial charge in [0.05, 0.1) is 5.69 Å². The van der Waals surface area contributed by atoms with E-state index in [2.05, 4.69) is 22.9 Å². The van der Waals surface area contributed by atoms with Crippen LogP contribution in [0.15, 0.2) is 36.5 Å². The Morgan fingerprint density at radius 3 is 2.95 bits per heavy atom. The monoisotopic (exact) mass is 314 g/mol. The Bertz CT molecular complexity index is 703. The third-order valence-corrected chi connectivity index (χ3v) is 4.92. The molecule has 3 heterocycles. The van der Waals surface area contributed by atoms with E-state index in [1.54, 1.807) is 0 Å². The number of benzene rings is 1. The first kappa shape index (κ1) is 14.0. The SMILES string of the molecule is CCCN1C[C@@H]2c3ncccc3Oc3cc(Cl)ccc3[C@@H]2C1. The van der Waals surface area contributed by atoms with Gasteiger partial charge in [-0.1, -0.05) is 24.6 Å². The second-order valence-corrected chi connectivity index (χ2v) is 6.58. The van der Waals surface area contributed by atoms with Crippen LogP contribution in [0.25, 0.3) is 0 Å². The Morgan fingerprint density at radius 2 is 2.09 bits per heavy atom. The topological polar surface area (TPSA) is 25.4 Å². The lowest BCUT2D eigenvalue weighted by atomic mass is 9.86. The summed E-state index contributed by atoms with van der Waals surface area (Å²) in [6.45, 7) is 5.48. The maximum absolute atomic E-state index is 6.17. The van der Waals surface area contributed by atoms with Crippen molar-refractivity contribution in [3.63, 3.8) is 0 Å². The molecule has 0 saturated carbocycles. The Hall–Kier alpha value is -1.58. The smallest absolute Gasteiger partial charge is 0.149 e. The van der Waals surface area contributed by atoms with Gasteiger partial charge in [-0.25, -0.2) is 0 Å². The quantitative estimate of drug-likeness (QED) is 0.819. The number of aromatic nitrogens is 1. The predicted octanol–water partition coefficient (Wildman–Crippen LogP) is 4.43. The third-order valence-electron chi connectivity index (χ3n) is 4.68. The molecule has 4 heteroatoms. The van der Waals surface area contributed by atoms with Crippen molar-refractivity contribution in [1.29, 1.82) is 0 Å². The molecule has 0 unspecified atom stereocenters. The highest BCUT2D eigenvalue weighted by atomic mass is 35.5. The fraction of sp³-hybridized carbons (Fsp3) is 0.389. The molecular weight excluding hydrogens is 296 g/mol. The van der Waals surface area contributed by atoms with Gasteiger partial charge in [-0.05, 0) is 42.8 Å². The number of halogens is 1. The van der Waals surface area contributed by atoms with Gasteiger partial charge in [-0.3, -0.25) is 4.98 Å². The summed E-state index contributed by atoms with van der Waals surface area (Å²) in [4.78, 5) is 7.18. The molecule has 22 heavy (non-hydrogen) atoms. The number of rotatable bonds is 2. The van der Waals surface area contributed by atoms with Gasteiger partial charge in [0.15, 0.2) is 0 Å². The van der Waals surface area contributed by atoms with E-state index in [1.807, 2.05) is 30.5 Å². The number of likely N-dealkylation sites (tertiary alicyclic amines) is 1. The van der Waals surface area contributed by atoms with Crippen molar-refractivity contribution in [3.05, 3.63) is 52.8 Å². The molecule has 2 aromatic rings. The highest BCUT2D eigenvalue weighted by Gasteiger charge is 2.40. The average molecular weight is 315 g/mol. The molecule has 0 N–H and O–H groups in total. The zero-order valence-electron chi connectivity index (χ0n) is 12.6. The lowest BCUT2D eigenvalue weighted by molar-refractivity contribution is 0.329. The lowest BCUT2D eigenvalue weighted by Gasteiger charge is -2.16. The first-order valence-electron chi connectivity index (χ1n) is 7.91. The summed E-state index contributed by atoms with van der Waals surface area (Å²) in [7, 11) is 0. The van der Waals surface area contributed by atoms with E-state index in [9.17, 15) is 0 Å². The molecule has 2 atom stereocenters. The van der Waals surface area contributed by atoms with Crippen LogP contribution in [0.3, 0.4) is 0 Å². The number of hydrogen-bond acceptors (Lipinski definition) is 3. The van der Waals surface area contributed by atoms with E-state index in [0.29, 0.717) is 16.9 Å². The van der Waals surface area contributed by atoms with Crippen LogP contribution in [-0.2, 0) is 0 Å². The van der Waals surface area contributed by atoms with Gasteiger partial charge in [0.2, 0.25) is 0 Å². The van der Waals surface area contributed by atoms with E-state index in [0.717, 1.165) is 36.8 Å². The number of pyridine rings is 1. The molecule has 1 saturated heterocycles. The van der Waals surface area contributed by atoms with Crippen LogP contribution >= 0.6 is 11.6 Å². The highest BCUT2D eigenvalue weighted by molar-refractivity contribution is 6.30. The van der Waals surface area contributed by atoms with Gasteiger partial charge in [-0.2, -0.15) is 0 Å². The molecule has 3 nitrogen and oxygen atoms in total. The fourth-order valence-corrected chi connectivity index (χ4v) is 3.93. The Morgan fingerprint density at radius 1 is 1.23 bits per heavy atom. The van der Waals surface area contributed by atoms with Crippen LogP contribution in [0.1, 0.15) is 36.4 Å². The summed E-state index contributed by atoms with van der Waals surface area (Å²) < 4.78 is 6.15. The Kier molecular flexibility index (Phi) is 3.55. The summed E-state index contributed by atoms with van der Waals surface area (Å²) >= 11 is 6.17. The largest absolute Gasteiger partial charge is 0.455 e. The highest BCUT2D eigenvalue weighted by Crippen LogP contribution is 2.49. The van der Waals surface area contributed by atoms with Crippen LogP contribution in [0.5, 0.6) is 11.5 Å². The minimum atomic E-state index is 0.394. The van der Waals surface area contributed by atoms with Crippen molar-refractivity contribution in [2.45, 2.75) is 25.2 Å². The zero-order chi connectivity index (χ0) is 15.1. The van der Waals surface area contributed by atoms with Crippen molar-refractivity contribution in [2.24, 2.45) is 0 Å². The standard InChI is InChI=1S/C18H19ClN2O/c1-2-8-21-10-14-13-6-5-12(19)9-17(13)22-16-4-3-7-20-18(16)15(14)11-21/h3-7,9,14-15H,2,8,10-11H2,1H3/t14-,15-/m0/s1. The van der Waals surface area contributed by atoms with E-state index < -0.39 is 0 Å². The van der Waals surface area contributed by atoms with Crippen molar-refractivity contribution >= 4 is 11.6 Å². The van der Waals surface area contributed by atoms with E-state index in [-0.39, 0.29) is 0 Å². The summed E-state index contributed by atoms with van der Waals surface area (Å²) in [5.74, 6) is 2.57. The maximum atomic E-state index is 6.17. The molecular formula is C18H19ClN2O. The molecule has 114 valence electrons. The molecule has 1 fully saturated rings. The fourth-order valence-electron chi connectivity index (χ4n) is 3.77. The minimum Gasteiger partial charge on any atom is -0.455 e. The molecule has 2 aliphatic rings. The van der Waals surface area contributed by atoms with E-state index in [1.165, 1.54) is 12.0 Å².